The first kappa shape index (κ1) is 12.3. The molecule has 0 aromatic heterocycles. The minimum Gasteiger partial charge on any atom is -0.195 e. The fraction of sp³-hybridized carbons (Fsp3) is 0.333. The van der Waals surface area contributed by atoms with Crippen LogP contribution in [0.15, 0.2) is 43.0 Å². The lowest BCUT2D eigenvalue weighted by atomic mass is 10.2. The van der Waals surface area contributed by atoms with Crippen LogP contribution in [0.3, 0.4) is 0 Å². The lowest BCUT2D eigenvalue weighted by Gasteiger charge is -2.30. The topological polar surface area (TPSA) is 49.4 Å². The maximum Gasteiger partial charge on any atom is 0.280 e. The standard InChI is InChI=1S/C12H16N2O2S/c1-2-12-8-9-14(17(15,16)13-12)10-11-6-4-3-5-7-11/h2-7,12-13H,1,8-10H2. The molecule has 0 saturated carbocycles. The summed E-state index contributed by atoms with van der Waals surface area (Å²) >= 11 is 0. The van der Waals surface area contributed by atoms with Gasteiger partial charge in [0.25, 0.3) is 10.2 Å². The second-order valence-corrected chi connectivity index (χ2v) is 5.78. The first-order chi connectivity index (χ1) is 8.12. The monoisotopic (exact) mass is 252 g/mol. The van der Waals surface area contributed by atoms with E-state index in [0.717, 1.165) is 12.0 Å². The van der Waals surface area contributed by atoms with Crippen molar-refractivity contribution in [2.75, 3.05) is 6.54 Å². The van der Waals surface area contributed by atoms with E-state index in [-0.39, 0.29) is 6.04 Å². The summed E-state index contributed by atoms with van der Waals surface area (Å²) in [5.41, 5.74) is 0.995. The van der Waals surface area contributed by atoms with Gasteiger partial charge in [0, 0.05) is 19.1 Å². The number of hydrogen-bond acceptors (Lipinski definition) is 2. The average Bonchev–Trinajstić information content (AvgIpc) is 2.33. The zero-order valence-electron chi connectivity index (χ0n) is 9.54. The first-order valence-corrected chi connectivity index (χ1v) is 7.00. The van der Waals surface area contributed by atoms with Gasteiger partial charge in [0.1, 0.15) is 0 Å². The van der Waals surface area contributed by atoms with E-state index in [1.165, 1.54) is 4.31 Å². The minimum atomic E-state index is -3.37. The zero-order valence-corrected chi connectivity index (χ0v) is 10.4. The van der Waals surface area contributed by atoms with Gasteiger partial charge in [0.05, 0.1) is 0 Å². The third-order valence-electron chi connectivity index (χ3n) is 2.82. The van der Waals surface area contributed by atoms with E-state index >= 15 is 0 Å². The average molecular weight is 252 g/mol. The molecule has 92 valence electrons. The van der Waals surface area contributed by atoms with E-state index in [1.54, 1.807) is 6.08 Å². The van der Waals surface area contributed by atoms with Gasteiger partial charge in [-0.1, -0.05) is 36.4 Å². The van der Waals surface area contributed by atoms with E-state index in [0.29, 0.717) is 13.1 Å². The largest absolute Gasteiger partial charge is 0.280 e. The van der Waals surface area contributed by atoms with Crippen molar-refractivity contribution in [1.29, 1.82) is 0 Å². The van der Waals surface area contributed by atoms with Gasteiger partial charge in [-0.3, -0.25) is 0 Å². The van der Waals surface area contributed by atoms with Crippen LogP contribution in [0.5, 0.6) is 0 Å². The lowest BCUT2D eigenvalue weighted by Crippen LogP contribution is -2.50. The van der Waals surface area contributed by atoms with Crippen molar-refractivity contribution in [2.24, 2.45) is 0 Å². The van der Waals surface area contributed by atoms with Crippen LogP contribution in [0.2, 0.25) is 0 Å². The Morgan fingerprint density at radius 1 is 1.41 bits per heavy atom. The van der Waals surface area contributed by atoms with Crippen molar-refractivity contribution in [1.82, 2.24) is 9.03 Å². The molecular weight excluding hydrogens is 236 g/mol. The van der Waals surface area contributed by atoms with Gasteiger partial charge in [-0.25, -0.2) is 0 Å². The second-order valence-electron chi connectivity index (χ2n) is 4.07. The van der Waals surface area contributed by atoms with Gasteiger partial charge in [-0.15, -0.1) is 6.58 Å². The maximum atomic E-state index is 11.9. The van der Waals surface area contributed by atoms with Crippen molar-refractivity contribution >= 4 is 10.2 Å². The third-order valence-corrected chi connectivity index (χ3v) is 4.41. The molecule has 0 aliphatic carbocycles. The van der Waals surface area contributed by atoms with Crippen LogP contribution in [-0.2, 0) is 16.8 Å². The van der Waals surface area contributed by atoms with Crippen molar-refractivity contribution in [2.45, 2.75) is 19.0 Å². The molecule has 1 aromatic carbocycles. The predicted octanol–water partition coefficient (Wildman–Crippen LogP) is 1.28. The summed E-state index contributed by atoms with van der Waals surface area (Å²) in [6.07, 6.45) is 2.40. The Balaban J connectivity index is 2.10. The Labute approximate surface area is 102 Å². The maximum absolute atomic E-state index is 11.9. The van der Waals surface area contributed by atoms with Gasteiger partial charge in [-0.2, -0.15) is 17.4 Å². The molecule has 4 nitrogen and oxygen atoms in total. The second kappa shape index (κ2) is 5.00. The Morgan fingerprint density at radius 3 is 2.71 bits per heavy atom. The fourth-order valence-electron chi connectivity index (χ4n) is 1.85. The number of nitrogens with zero attached hydrogens (tertiary/aromatic N) is 1. The summed E-state index contributed by atoms with van der Waals surface area (Å²) < 4.78 is 27.9. The van der Waals surface area contributed by atoms with E-state index < -0.39 is 10.2 Å². The van der Waals surface area contributed by atoms with Crippen LogP contribution in [0.1, 0.15) is 12.0 Å². The van der Waals surface area contributed by atoms with Crippen molar-refractivity contribution in [3.63, 3.8) is 0 Å². The number of nitrogens with one attached hydrogen (secondary N) is 1. The van der Waals surface area contributed by atoms with Crippen molar-refractivity contribution in [3.05, 3.63) is 48.6 Å². The zero-order chi connectivity index (χ0) is 12.3. The molecule has 1 aromatic rings. The summed E-state index contributed by atoms with van der Waals surface area (Å²) in [5.74, 6) is 0. The van der Waals surface area contributed by atoms with Gasteiger partial charge in [-0.05, 0) is 12.0 Å². The van der Waals surface area contributed by atoms with E-state index in [9.17, 15) is 8.42 Å². The van der Waals surface area contributed by atoms with E-state index in [2.05, 4.69) is 11.3 Å². The quantitative estimate of drug-likeness (QED) is 0.824. The molecule has 0 bridgehead atoms. The Kier molecular flexibility index (Phi) is 3.61. The molecule has 1 aliphatic rings. The molecule has 1 fully saturated rings. The van der Waals surface area contributed by atoms with Crippen molar-refractivity contribution in [3.8, 4) is 0 Å². The van der Waals surface area contributed by atoms with Crippen molar-refractivity contribution < 1.29 is 8.42 Å². The summed E-state index contributed by atoms with van der Waals surface area (Å²) in [4.78, 5) is 0. The highest BCUT2D eigenvalue weighted by atomic mass is 32.2. The highest BCUT2D eigenvalue weighted by molar-refractivity contribution is 7.87. The van der Waals surface area contributed by atoms with Gasteiger partial charge in [0.2, 0.25) is 0 Å². The summed E-state index contributed by atoms with van der Waals surface area (Å²) in [6.45, 7) is 4.56. The summed E-state index contributed by atoms with van der Waals surface area (Å²) in [7, 11) is -3.37. The molecule has 0 amide bonds. The van der Waals surface area contributed by atoms with Gasteiger partial charge in [0.15, 0.2) is 0 Å². The summed E-state index contributed by atoms with van der Waals surface area (Å²) in [6, 6.07) is 9.44. The highest BCUT2D eigenvalue weighted by Crippen LogP contribution is 2.15. The number of rotatable bonds is 3. The van der Waals surface area contributed by atoms with E-state index in [1.807, 2.05) is 30.3 Å². The number of benzene rings is 1. The van der Waals surface area contributed by atoms with Gasteiger partial charge >= 0.3 is 0 Å². The fourth-order valence-corrected chi connectivity index (χ4v) is 3.26. The minimum absolute atomic E-state index is 0.146. The van der Waals surface area contributed by atoms with E-state index in [4.69, 9.17) is 0 Å². The van der Waals surface area contributed by atoms with Crippen LogP contribution in [0.4, 0.5) is 0 Å². The van der Waals surface area contributed by atoms with Crippen LogP contribution < -0.4 is 4.72 Å². The SMILES string of the molecule is C=CC1CCN(Cc2ccccc2)S(=O)(=O)N1. The summed E-state index contributed by atoms with van der Waals surface area (Å²) in [5, 5.41) is 0. The molecule has 1 heterocycles. The highest BCUT2D eigenvalue weighted by Gasteiger charge is 2.29. The normalized spacial score (nSPS) is 24.4. The Bertz CT molecular complexity index is 484. The molecule has 5 heteroatoms. The molecule has 1 saturated heterocycles. The number of hydrogen-bond donors (Lipinski definition) is 1. The molecule has 1 aliphatic heterocycles. The smallest absolute Gasteiger partial charge is 0.195 e. The molecule has 1 atom stereocenters. The van der Waals surface area contributed by atoms with Crippen LogP contribution >= 0.6 is 0 Å². The van der Waals surface area contributed by atoms with Crippen LogP contribution in [0, 0.1) is 0 Å². The van der Waals surface area contributed by atoms with Crippen LogP contribution in [-0.4, -0.2) is 25.3 Å². The molecule has 1 unspecified atom stereocenters. The Hall–Kier alpha value is -1.17. The predicted molar refractivity (Wildman–Crippen MR) is 67.5 cm³/mol. The molecule has 0 radical (unpaired) electrons. The Morgan fingerprint density at radius 2 is 2.12 bits per heavy atom. The first-order valence-electron chi connectivity index (χ1n) is 5.56. The van der Waals surface area contributed by atoms with Crippen LogP contribution in [0.25, 0.3) is 0 Å². The lowest BCUT2D eigenvalue weighted by molar-refractivity contribution is 0.352. The molecule has 17 heavy (non-hydrogen) atoms. The molecule has 0 spiro atoms. The molecular formula is C12H16N2O2S. The van der Waals surface area contributed by atoms with Gasteiger partial charge < -0.3 is 0 Å². The third kappa shape index (κ3) is 2.94. The molecule has 2 rings (SSSR count). The molecule has 1 N–H and O–H groups in total.